The SMILES string of the molecule is CN([C@@H]1CNC[C@H]1O)S(=O)(=O)c1cc(C#N)ccc1Cl. The molecule has 6 nitrogen and oxygen atoms in total. The Kier molecular flexibility index (Phi) is 4.32. The molecule has 2 atom stereocenters. The van der Waals surface area contributed by atoms with Gasteiger partial charge in [-0.3, -0.25) is 0 Å². The van der Waals surface area contributed by atoms with Gasteiger partial charge in [-0.05, 0) is 18.2 Å². The molecule has 1 fully saturated rings. The topological polar surface area (TPSA) is 93.4 Å². The van der Waals surface area contributed by atoms with Crippen LogP contribution in [0.4, 0.5) is 0 Å². The molecule has 1 saturated heterocycles. The first kappa shape index (κ1) is 15.2. The number of aliphatic hydroxyl groups excluding tert-OH is 1. The molecule has 1 heterocycles. The van der Waals surface area contributed by atoms with Crippen molar-refractivity contribution < 1.29 is 13.5 Å². The Balaban J connectivity index is 2.42. The van der Waals surface area contributed by atoms with Crippen LogP contribution in [0.15, 0.2) is 23.1 Å². The van der Waals surface area contributed by atoms with Crippen LogP contribution in [-0.4, -0.2) is 50.1 Å². The summed E-state index contributed by atoms with van der Waals surface area (Å²) in [6.07, 6.45) is -0.771. The molecule has 0 aliphatic carbocycles. The van der Waals surface area contributed by atoms with Crippen LogP contribution >= 0.6 is 11.6 Å². The summed E-state index contributed by atoms with van der Waals surface area (Å²) in [5, 5.41) is 21.6. The zero-order valence-corrected chi connectivity index (χ0v) is 12.3. The minimum atomic E-state index is -3.87. The Morgan fingerprint density at radius 1 is 1.50 bits per heavy atom. The average molecular weight is 316 g/mol. The van der Waals surface area contributed by atoms with Crippen LogP contribution in [0.25, 0.3) is 0 Å². The van der Waals surface area contributed by atoms with Crippen molar-refractivity contribution in [3.8, 4) is 6.07 Å². The van der Waals surface area contributed by atoms with E-state index in [1.807, 2.05) is 6.07 Å². The largest absolute Gasteiger partial charge is 0.390 e. The van der Waals surface area contributed by atoms with E-state index in [1.54, 1.807) is 0 Å². The standard InChI is InChI=1S/C12H14ClN3O3S/c1-16(10-6-15-7-11(10)17)20(18,19)12-4-8(5-14)2-3-9(12)13/h2-4,10-11,15,17H,6-7H2,1H3/t10-,11-/m1/s1. The molecule has 0 saturated carbocycles. The van der Waals surface area contributed by atoms with Crippen molar-refractivity contribution in [2.24, 2.45) is 0 Å². The van der Waals surface area contributed by atoms with E-state index >= 15 is 0 Å². The maximum absolute atomic E-state index is 12.5. The van der Waals surface area contributed by atoms with Gasteiger partial charge in [-0.1, -0.05) is 11.6 Å². The maximum atomic E-state index is 12.5. The Labute approximate surface area is 122 Å². The van der Waals surface area contributed by atoms with Gasteiger partial charge in [0.05, 0.1) is 28.8 Å². The summed E-state index contributed by atoms with van der Waals surface area (Å²) in [5.41, 5.74) is 0.214. The summed E-state index contributed by atoms with van der Waals surface area (Å²) in [6.45, 7) is 0.711. The average Bonchev–Trinajstić information content (AvgIpc) is 2.84. The van der Waals surface area contributed by atoms with Crippen molar-refractivity contribution in [1.29, 1.82) is 5.26 Å². The fraction of sp³-hybridized carbons (Fsp3) is 0.417. The van der Waals surface area contributed by atoms with Crippen LogP contribution in [0.1, 0.15) is 5.56 Å². The monoisotopic (exact) mass is 315 g/mol. The summed E-state index contributed by atoms with van der Waals surface area (Å²) in [5.74, 6) is 0. The molecule has 0 spiro atoms. The van der Waals surface area contributed by atoms with Gasteiger partial charge in [0.1, 0.15) is 4.90 Å². The number of nitrogens with zero attached hydrogens (tertiary/aromatic N) is 2. The minimum absolute atomic E-state index is 0.0521. The molecule has 8 heteroatoms. The van der Waals surface area contributed by atoms with E-state index in [0.29, 0.717) is 13.1 Å². The lowest BCUT2D eigenvalue weighted by Gasteiger charge is -2.26. The van der Waals surface area contributed by atoms with Crippen LogP contribution in [-0.2, 0) is 10.0 Å². The second kappa shape index (κ2) is 5.68. The summed E-state index contributed by atoms with van der Waals surface area (Å²) >= 11 is 5.93. The first-order chi connectivity index (χ1) is 9.37. The Morgan fingerprint density at radius 3 is 2.75 bits per heavy atom. The summed E-state index contributed by atoms with van der Waals surface area (Å²) in [7, 11) is -2.47. The molecule has 2 N–H and O–H groups in total. The third-order valence-corrected chi connectivity index (χ3v) is 5.70. The van der Waals surface area contributed by atoms with E-state index in [0.717, 1.165) is 4.31 Å². The van der Waals surface area contributed by atoms with Crippen LogP contribution < -0.4 is 5.32 Å². The number of hydrogen-bond donors (Lipinski definition) is 2. The number of aliphatic hydroxyl groups is 1. The van der Waals surface area contributed by atoms with E-state index < -0.39 is 22.2 Å². The van der Waals surface area contributed by atoms with Crippen LogP contribution in [0.5, 0.6) is 0 Å². The molecular formula is C12H14ClN3O3S. The Hall–Kier alpha value is -1.17. The molecule has 1 aromatic rings. The number of hydrogen-bond acceptors (Lipinski definition) is 5. The highest BCUT2D eigenvalue weighted by Crippen LogP contribution is 2.27. The third-order valence-electron chi connectivity index (χ3n) is 3.34. The van der Waals surface area contributed by atoms with Crippen molar-refractivity contribution in [3.63, 3.8) is 0 Å². The summed E-state index contributed by atoms with van der Waals surface area (Å²) < 4.78 is 26.2. The van der Waals surface area contributed by atoms with Gasteiger partial charge in [0.15, 0.2) is 0 Å². The molecule has 0 amide bonds. The fourth-order valence-corrected chi connectivity index (χ4v) is 4.01. The molecule has 2 rings (SSSR count). The highest BCUT2D eigenvalue weighted by Gasteiger charge is 2.36. The smallest absolute Gasteiger partial charge is 0.244 e. The molecule has 1 aliphatic heterocycles. The molecule has 1 aromatic carbocycles. The van der Waals surface area contributed by atoms with Crippen molar-refractivity contribution >= 4 is 21.6 Å². The Bertz CT molecular complexity index is 656. The highest BCUT2D eigenvalue weighted by atomic mass is 35.5. The number of rotatable bonds is 3. The first-order valence-electron chi connectivity index (χ1n) is 5.94. The molecular weight excluding hydrogens is 302 g/mol. The van der Waals surface area contributed by atoms with Gasteiger partial charge in [-0.15, -0.1) is 0 Å². The zero-order valence-electron chi connectivity index (χ0n) is 10.7. The van der Waals surface area contributed by atoms with Gasteiger partial charge >= 0.3 is 0 Å². The molecule has 20 heavy (non-hydrogen) atoms. The molecule has 0 aromatic heterocycles. The van der Waals surface area contributed by atoms with Gasteiger partial charge in [-0.25, -0.2) is 8.42 Å². The van der Waals surface area contributed by atoms with E-state index in [9.17, 15) is 13.5 Å². The molecule has 0 bridgehead atoms. The number of nitriles is 1. The van der Waals surface area contributed by atoms with Crippen molar-refractivity contribution in [2.45, 2.75) is 17.0 Å². The minimum Gasteiger partial charge on any atom is -0.390 e. The van der Waals surface area contributed by atoms with Gasteiger partial charge in [-0.2, -0.15) is 9.57 Å². The second-order valence-corrected chi connectivity index (χ2v) is 6.94. The lowest BCUT2D eigenvalue weighted by molar-refractivity contribution is 0.136. The third kappa shape index (κ3) is 2.66. The highest BCUT2D eigenvalue weighted by molar-refractivity contribution is 7.89. The van der Waals surface area contributed by atoms with E-state index in [-0.39, 0.29) is 15.5 Å². The number of benzene rings is 1. The normalized spacial score (nSPS) is 22.9. The molecule has 0 radical (unpaired) electrons. The molecule has 0 unspecified atom stereocenters. The first-order valence-corrected chi connectivity index (χ1v) is 7.76. The van der Waals surface area contributed by atoms with E-state index in [1.165, 1.54) is 25.2 Å². The predicted molar refractivity (Wildman–Crippen MR) is 73.8 cm³/mol. The van der Waals surface area contributed by atoms with Gasteiger partial charge in [0, 0.05) is 20.1 Å². The summed E-state index contributed by atoms with van der Waals surface area (Å²) in [4.78, 5) is -0.125. The van der Waals surface area contributed by atoms with E-state index in [4.69, 9.17) is 16.9 Å². The fourth-order valence-electron chi connectivity index (χ4n) is 2.13. The lowest BCUT2D eigenvalue weighted by atomic mass is 10.2. The zero-order chi connectivity index (χ0) is 14.9. The number of sulfonamides is 1. The number of likely N-dealkylation sites (N-methyl/N-ethyl adjacent to an activating group) is 1. The molecule has 108 valence electrons. The van der Waals surface area contributed by atoms with Gasteiger partial charge in [0.2, 0.25) is 10.0 Å². The second-order valence-electron chi connectivity index (χ2n) is 4.57. The summed E-state index contributed by atoms with van der Waals surface area (Å²) in [6, 6.07) is 5.40. The lowest BCUT2D eigenvalue weighted by Crippen LogP contribution is -2.44. The van der Waals surface area contributed by atoms with Crippen LogP contribution in [0, 0.1) is 11.3 Å². The maximum Gasteiger partial charge on any atom is 0.244 e. The molecule has 1 aliphatic rings. The van der Waals surface area contributed by atoms with Crippen molar-refractivity contribution in [2.75, 3.05) is 20.1 Å². The number of halogens is 1. The Morgan fingerprint density at radius 2 is 2.20 bits per heavy atom. The van der Waals surface area contributed by atoms with Gasteiger partial charge < -0.3 is 10.4 Å². The van der Waals surface area contributed by atoms with E-state index in [2.05, 4.69) is 5.32 Å². The van der Waals surface area contributed by atoms with Crippen molar-refractivity contribution in [1.82, 2.24) is 9.62 Å². The number of nitrogens with one attached hydrogen (secondary N) is 1. The van der Waals surface area contributed by atoms with Crippen LogP contribution in [0.3, 0.4) is 0 Å². The van der Waals surface area contributed by atoms with Gasteiger partial charge in [0.25, 0.3) is 0 Å². The van der Waals surface area contributed by atoms with Crippen LogP contribution in [0.2, 0.25) is 5.02 Å². The van der Waals surface area contributed by atoms with Crippen molar-refractivity contribution in [3.05, 3.63) is 28.8 Å². The quantitative estimate of drug-likeness (QED) is 0.829. The predicted octanol–water partition coefficient (Wildman–Crippen LogP) is 0.165. The number of β-amino-alcohol motifs (C(OH)–C–C–N with tert-alkyl or cyclic N) is 1.